The van der Waals surface area contributed by atoms with Crippen LogP contribution in [-0.2, 0) is 10.2 Å². The van der Waals surface area contributed by atoms with Crippen LogP contribution in [0.3, 0.4) is 0 Å². The minimum Gasteiger partial charge on any atom is -0.280 e. The molecule has 3 heteroatoms. The summed E-state index contributed by atoms with van der Waals surface area (Å²) in [7, 11) is 0. The minimum absolute atomic E-state index is 0.421. The average Bonchev–Trinajstić information content (AvgIpc) is 2.18. The summed E-state index contributed by atoms with van der Waals surface area (Å²) in [6.45, 7) is 5.40. The first-order valence-corrected chi connectivity index (χ1v) is 5.34. The highest BCUT2D eigenvalue weighted by molar-refractivity contribution is 6.65. The van der Waals surface area contributed by atoms with Crippen LogP contribution in [0.25, 0.3) is 0 Å². The van der Waals surface area contributed by atoms with Crippen molar-refractivity contribution in [1.29, 1.82) is 0 Å². The smallest absolute Gasteiger partial charge is 0.232 e. The largest absolute Gasteiger partial charge is 0.280 e. The third kappa shape index (κ3) is 2.42. The van der Waals surface area contributed by atoms with E-state index in [2.05, 4.69) is 6.58 Å². The van der Waals surface area contributed by atoms with Crippen LogP contribution < -0.4 is 0 Å². The lowest BCUT2D eigenvalue weighted by atomic mass is 9.81. The molecule has 0 aliphatic heterocycles. The van der Waals surface area contributed by atoms with Gasteiger partial charge in [0.1, 0.15) is 0 Å². The Kier molecular flexibility index (Phi) is 3.95. The maximum atomic E-state index is 11.5. The highest BCUT2D eigenvalue weighted by Gasteiger charge is 2.34. The second kappa shape index (κ2) is 4.82. The Morgan fingerprint density at radius 3 is 2.60 bits per heavy atom. The fourth-order valence-electron chi connectivity index (χ4n) is 1.49. The van der Waals surface area contributed by atoms with Crippen molar-refractivity contribution < 1.29 is 4.79 Å². The molecule has 0 aromatic heterocycles. The summed E-state index contributed by atoms with van der Waals surface area (Å²) >= 11 is 11.7. The van der Waals surface area contributed by atoms with Gasteiger partial charge in [0.05, 0.1) is 5.41 Å². The predicted molar refractivity (Wildman–Crippen MR) is 64.5 cm³/mol. The van der Waals surface area contributed by atoms with Crippen LogP contribution in [0.5, 0.6) is 0 Å². The van der Waals surface area contributed by atoms with Gasteiger partial charge in [-0.25, -0.2) is 0 Å². The number of carbonyl (C=O) groups is 1. The van der Waals surface area contributed by atoms with Crippen molar-refractivity contribution in [1.82, 2.24) is 0 Å². The van der Waals surface area contributed by atoms with Gasteiger partial charge in [-0.3, -0.25) is 4.79 Å². The molecule has 0 amide bonds. The Hall–Kier alpha value is -0.790. The van der Waals surface area contributed by atoms with Gasteiger partial charge in [-0.1, -0.05) is 35.9 Å². The molecule has 0 aliphatic carbocycles. The number of rotatable bonds is 4. The van der Waals surface area contributed by atoms with Gasteiger partial charge in [0.15, 0.2) is 0 Å². The molecular formula is C12H12Cl2O. The SMILES string of the molecule is C=CCC(C)(C(=O)Cl)c1ccccc1Cl. The summed E-state index contributed by atoms with van der Waals surface area (Å²) in [5.41, 5.74) is -0.0478. The molecule has 0 aliphatic rings. The van der Waals surface area contributed by atoms with Crippen molar-refractivity contribution >= 4 is 28.4 Å². The van der Waals surface area contributed by atoms with Gasteiger partial charge >= 0.3 is 0 Å². The van der Waals surface area contributed by atoms with Gasteiger partial charge in [0.2, 0.25) is 5.24 Å². The van der Waals surface area contributed by atoms with Crippen molar-refractivity contribution in [3.05, 3.63) is 47.5 Å². The van der Waals surface area contributed by atoms with Crippen LogP contribution >= 0.6 is 23.2 Å². The molecular weight excluding hydrogens is 231 g/mol. The number of hydrogen-bond acceptors (Lipinski definition) is 1. The number of carbonyl (C=O) groups excluding carboxylic acids is 1. The lowest BCUT2D eigenvalue weighted by molar-refractivity contribution is -0.116. The van der Waals surface area contributed by atoms with E-state index in [-0.39, 0.29) is 0 Å². The summed E-state index contributed by atoms with van der Waals surface area (Å²) in [6, 6.07) is 7.21. The molecule has 0 spiro atoms. The Morgan fingerprint density at radius 1 is 1.53 bits per heavy atom. The first kappa shape index (κ1) is 12.3. The van der Waals surface area contributed by atoms with Crippen LogP contribution in [0.4, 0.5) is 0 Å². The third-order valence-electron chi connectivity index (χ3n) is 2.45. The van der Waals surface area contributed by atoms with E-state index in [0.29, 0.717) is 11.4 Å². The van der Waals surface area contributed by atoms with Crippen LogP contribution in [0.15, 0.2) is 36.9 Å². The number of hydrogen-bond donors (Lipinski definition) is 0. The Labute approximate surface area is 99.7 Å². The summed E-state index contributed by atoms with van der Waals surface area (Å²) in [5.74, 6) is 0. The molecule has 0 heterocycles. The molecule has 0 N–H and O–H groups in total. The molecule has 1 nitrogen and oxygen atoms in total. The zero-order valence-corrected chi connectivity index (χ0v) is 9.98. The summed E-state index contributed by atoms with van der Waals surface area (Å²) in [4.78, 5) is 11.5. The minimum atomic E-state index is -0.790. The van der Waals surface area contributed by atoms with Gasteiger partial charge in [-0.2, -0.15) is 0 Å². The monoisotopic (exact) mass is 242 g/mol. The molecule has 0 radical (unpaired) electrons. The topological polar surface area (TPSA) is 17.1 Å². The van der Waals surface area contributed by atoms with E-state index in [1.54, 1.807) is 19.1 Å². The lowest BCUT2D eigenvalue weighted by Gasteiger charge is -2.25. The zero-order valence-electron chi connectivity index (χ0n) is 8.47. The van der Waals surface area contributed by atoms with Crippen LogP contribution in [0.1, 0.15) is 18.9 Å². The van der Waals surface area contributed by atoms with Crippen molar-refractivity contribution in [2.45, 2.75) is 18.8 Å². The first-order chi connectivity index (χ1) is 7.02. The third-order valence-corrected chi connectivity index (χ3v) is 3.20. The highest BCUT2D eigenvalue weighted by atomic mass is 35.5. The highest BCUT2D eigenvalue weighted by Crippen LogP contribution is 2.35. The van der Waals surface area contributed by atoms with Crippen molar-refractivity contribution in [3.8, 4) is 0 Å². The molecule has 1 atom stereocenters. The number of benzene rings is 1. The van der Waals surface area contributed by atoms with Crippen LogP contribution in [-0.4, -0.2) is 5.24 Å². The molecule has 15 heavy (non-hydrogen) atoms. The van der Waals surface area contributed by atoms with E-state index in [1.807, 2.05) is 18.2 Å². The molecule has 1 unspecified atom stereocenters. The lowest BCUT2D eigenvalue weighted by Crippen LogP contribution is -2.28. The molecule has 80 valence electrons. The normalized spacial score (nSPS) is 14.3. The molecule has 1 aromatic carbocycles. The maximum Gasteiger partial charge on any atom is 0.232 e. The molecule has 0 bridgehead atoms. The molecule has 0 saturated heterocycles. The van der Waals surface area contributed by atoms with Gasteiger partial charge in [-0.05, 0) is 36.6 Å². The van der Waals surface area contributed by atoms with Crippen molar-refractivity contribution in [2.75, 3.05) is 0 Å². The van der Waals surface area contributed by atoms with E-state index < -0.39 is 10.7 Å². The van der Waals surface area contributed by atoms with Crippen molar-refractivity contribution in [3.63, 3.8) is 0 Å². The summed E-state index contributed by atoms with van der Waals surface area (Å²) < 4.78 is 0. The molecule has 0 fully saturated rings. The van der Waals surface area contributed by atoms with Gasteiger partial charge in [-0.15, -0.1) is 6.58 Å². The van der Waals surface area contributed by atoms with Gasteiger partial charge in [0, 0.05) is 5.02 Å². The average molecular weight is 243 g/mol. The zero-order chi connectivity index (χ0) is 11.5. The number of halogens is 2. The van der Waals surface area contributed by atoms with E-state index in [1.165, 1.54) is 0 Å². The van der Waals surface area contributed by atoms with Crippen LogP contribution in [0.2, 0.25) is 5.02 Å². The molecule has 1 rings (SSSR count). The standard InChI is InChI=1S/C12H12Cl2O/c1-3-8-12(2,11(14)15)9-6-4-5-7-10(9)13/h3-7H,1,8H2,2H3. The summed E-state index contributed by atoms with van der Waals surface area (Å²) in [6.07, 6.45) is 2.14. The van der Waals surface area contributed by atoms with E-state index in [9.17, 15) is 4.79 Å². The summed E-state index contributed by atoms with van der Waals surface area (Å²) in [5, 5.41) is 0.131. The predicted octanol–water partition coefficient (Wildman–Crippen LogP) is 3.94. The molecule has 0 saturated carbocycles. The second-order valence-corrected chi connectivity index (χ2v) is 4.33. The quantitative estimate of drug-likeness (QED) is 0.578. The van der Waals surface area contributed by atoms with Crippen LogP contribution in [0, 0.1) is 0 Å². The first-order valence-electron chi connectivity index (χ1n) is 4.58. The Balaban J connectivity index is 3.27. The number of allylic oxidation sites excluding steroid dienone is 1. The van der Waals surface area contributed by atoms with Gasteiger partial charge < -0.3 is 0 Å². The van der Waals surface area contributed by atoms with E-state index in [0.717, 1.165) is 5.56 Å². The van der Waals surface area contributed by atoms with Crippen molar-refractivity contribution in [2.24, 2.45) is 0 Å². The van der Waals surface area contributed by atoms with Gasteiger partial charge in [0.25, 0.3) is 0 Å². The Morgan fingerprint density at radius 2 is 2.13 bits per heavy atom. The fraction of sp³-hybridized carbons (Fsp3) is 0.250. The van der Waals surface area contributed by atoms with E-state index >= 15 is 0 Å². The van der Waals surface area contributed by atoms with E-state index in [4.69, 9.17) is 23.2 Å². The molecule has 1 aromatic rings. The Bertz CT molecular complexity index is 387. The maximum absolute atomic E-state index is 11.5. The second-order valence-electron chi connectivity index (χ2n) is 3.58. The fourth-order valence-corrected chi connectivity index (χ4v) is 2.02.